The average Bonchev–Trinajstić information content (AvgIpc) is 2.84. The minimum Gasteiger partial charge on any atom is -0.343 e. The summed E-state index contributed by atoms with van der Waals surface area (Å²) in [5, 5.41) is 0.906. The number of nitrogens with zero attached hydrogens (tertiary/aromatic N) is 2. The molecule has 5 nitrogen and oxygen atoms in total. The Bertz CT molecular complexity index is 980. The molecular formula is C16H16FN3O2S. The number of aryl methyl sites for hydroxylation is 1. The fourth-order valence-electron chi connectivity index (χ4n) is 2.47. The van der Waals surface area contributed by atoms with Crippen molar-refractivity contribution in [2.24, 2.45) is 7.05 Å². The molecular weight excluding hydrogens is 317 g/mol. The van der Waals surface area contributed by atoms with Crippen molar-refractivity contribution in [1.29, 1.82) is 0 Å². The van der Waals surface area contributed by atoms with Gasteiger partial charge in [-0.15, -0.1) is 0 Å². The van der Waals surface area contributed by atoms with Gasteiger partial charge in [0.2, 0.25) is 10.0 Å². The lowest BCUT2D eigenvalue weighted by Crippen LogP contribution is -2.14. The maximum atomic E-state index is 13.4. The number of sulfonamides is 1. The Hall–Kier alpha value is -2.41. The largest absolute Gasteiger partial charge is 0.343 e. The zero-order chi connectivity index (χ0) is 16.6. The van der Waals surface area contributed by atoms with E-state index >= 15 is 0 Å². The highest BCUT2D eigenvalue weighted by Gasteiger charge is 2.12. The summed E-state index contributed by atoms with van der Waals surface area (Å²) in [7, 11) is -1.52. The summed E-state index contributed by atoms with van der Waals surface area (Å²) >= 11 is 0. The maximum Gasteiger partial charge on any atom is 0.232 e. The number of fused-ring (bicyclic) bond motifs is 1. The van der Waals surface area contributed by atoms with Gasteiger partial charge in [-0.25, -0.2) is 12.8 Å². The SMILES string of the molecule is CCS(=O)(=O)Nc1cncc(-c2cc3ccc(F)cc3n2C)c1. The standard InChI is InChI=1S/C16H16FN3O2S/c1-3-23(21,22)19-14-6-12(9-18-10-14)15-7-11-4-5-13(17)8-16(11)20(15)2/h4-10,19H,3H2,1-2H3. The van der Waals surface area contributed by atoms with E-state index in [2.05, 4.69) is 9.71 Å². The first-order valence-corrected chi connectivity index (χ1v) is 8.76. The summed E-state index contributed by atoms with van der Waals surface area (Å²) in [6.45, 7) is 1.57. The van der Waals surface area contributed by atoms with Gasteiger partial charge in [0.25, 0.3) is 0 Å². The Balaban J connectivity index is 2.07. The lowest BCUT2D eigenvalue weighted by molar-refractivity contribution is 0.602. The molecule has 0 unspecified atom stereocenters. The highest BCUT2D eigenvalue weighted by Crippen LogP contribution is 2.28. The number of anilines is 1. The van der Waals surface area contributed by atoms with Gasteiger partial charge in [0, 0.05) is 24.2 Å². The molecule has 0 amide bonds. The van der Waals surface area contributed by atoms with Gasteiger partial charge >= 0.3 is 0 Å². The minimum absolute atomic E-state index is 0.00938. The topological polar surface area (TPSA) is 64.0 Å². The van der Waals surface area contributed by atoms with Crippen LogP contribution in [0.5, 0.6) is 0 Å². The Morgan fingerprint density at radius 1 is 1.22 bits per heavy atom. The zero-order valence-corrected chi connectivity index (χ0v) is 13.6. The lowest BCUT2D eigenvalue weighted by Gasteiger charge is -2.08. The summed E-state index contributed by atoms with van der Waals surface area (Å²) in [4.78, 5) is 4.09. The van der Waals surface area contributed by atoms with E-state index in [-0.39, 0.29) is 11.6 Å². The molecule has 0 aliphatic rings. The van der Waals surface area contributed by atoms with Crippen LogP contribution in [-0.2, 0) is 17.1 Å². The number of pyridine rings is 1. The van der Waals surface area contributed by atoms with Crippen molar-refractivity contribution in [3.63, 3.8) is 0 Å². The number of halogens is 1. The molecule has 0 spiro atoms. The van der Waals surface area contributed by atoms with Crippen LogP contribution in [0.25, 0.3) is 22.2 Å². The smallest absolute Gasteiger partial charge is 0.232 e. The molecule has 0 aliphatic carbocycles. The van der Waals surface area contributed by atoms with Crippen LogP contribution < -0.4 is 4.72 Å². The minimum atomic E-state index is -3.36. The van der Waals surface area contributed by atoms with Gasteiger partial charge in [-0.3, -0.25) is 9.71 Å². The monoisotopic (exact) mass is 333 g/mol. The van der Waals surface area contributed by atoms with Crippen LogP contribution in [0.4, 0.5) is 10.1 Å². The molecule has 0 radical (unpaired) electrons. The van der Waals surface area contributed by atoms with Crippen molar-refractivity contribution in [3.8, 4) is 11.3 Å². The molecule has 0 aliphatic heterocycles. The molecule has 3 rings (SSSR count). The second kappa shape index (κ2) is 5.66. The van der Waals surface area contributed by atoms with Crippen LogP contribution in [0.3, 0.4) is 0 Å². The number of rotatable bonds is 4. The van der Waals surface area contributed by atoms with Crippen LogP contribution in [0, 0.1) is 5.82 Å². The van der Waals surface area contributed by atoms with E-state index in [9.17, 15) is 12.8 Å². The van der Waals surface area contributed by atoms with Gasteiger partial charge in [0.15, 0.2) is 0 Å². The highest BCUT2D eigenvalue weighted by molar-refractivity contribution is 7.92. The van der Waals surface area contributed by atoms with E-state index in [1.165, 1.54) is 18.3 Å². The van der Waals surface area contributed by atoms with Gasteiger partial charge in [-0.1, -0.05) is 0 Å². The van der Waals surface area contributed by atoms with E-state index in [1.807, 2.05) is 17.7 Å². The predicted molar refractivity (Wildman–Crippen MR) is 89.2 cm³/mol. The van der Waals surface area contributed by atoms with Crippen molar-refractivity contribution in [3.05, 3.63) is 48.5 Å². The van der Waals surface area contributed by atoms with Crippen LogP contribution >= 0.6 is 0 Å². The second-order valence-corrected chi connectivity index (χ2v) is 7.27. The van der Waals surface area contributed by atoms with Crippen LogP contribution in [0.2, 0.25) is 0 Å². The molecule has 0 atom stereocenters. The van der Waals surface area contributed by atoms with E-state index < -0.39 is 10.0 Å². The van der Waals surface area contributed by atoms with E-state index in [1.54, 1.807) is 25.3 Å². The Labute approximate surface area is 133 Å². The van der Waals surface area contributed by atoms with Gasteiger partial charge in [-0.2, -0.15) is 0 Å². The van der Waals surface area contributed by atoms with Crippen LogP contribution in [0.1, 0.15) is 6.92 Å². The Kier molecular flexibility index (Phi) is 3.81. The summed E-state index contributed by atoms with van der Waals surface area (Å²) in [5.41, 5.74) is 2.75. The summed E-state index contributed by atoms with van der Waals surface area (Å²) in [5.74, 6) is -0.308. The third kappa shape index (κ3) is 3.05. The van der Waals surface area contributed by atoms with E-state index in [0.717, 1.165) is 22.2 Å². The number of hydrogen-bond acceptors (Lipinski definition) is 3. The molecule has 120 valence electrons. The van der Waals surface area contributed by atoms with Crippen molar-refractivity contribution < 1.29 is 12.8 Å². The summed E-state index contributed by atoms with van der Waals surface area (Å²) in [6.07, 6.45) is 3.10. The number of benzene rings is 1. The average molecular weight is 333 g/mol. The highest BCUT2D eigenvalue weighted by atomic mass is 32.2. The Morgan fingerprint density at radius 2 is 2.00 bits per heavy atom. The maximum absolute atomic E-state index is 13.4. The first-order chi connectivity index (χ1) is 10.9. The second-order valence-electron chi connectivity index (χ2n) is 5.26. The Morgan fingerprint density at radius 3 is 2.74 bits per heavy atom. The molecule has 2 aromatic heterocycles. The third-order valence-corrected chi connectivity index (χ3v) is 5.00. The zero-order valence-electron chi connectivity index (χ0n) is 12.7. The molecule has 3 aromatic rings. The van der Waals surface area contributed by atoms with E-state index in [4.69, 9.17) is 0 Å². The fourth-order valence-corrected chi connectivity index (χ4v) is 3.08. The first kappa shape index (κ1) is 15.5. The van der Waals surface area contributed by atoms with Gasteiger partial charge in [0.1, 0.15) is 5.82 Å². The van der Waals surface area contributed by atoms with Crippen molar-refractivity contribution >= 4 is 26.6 Å². The molecule has 1 aromatic carbocycles. The van der Waals surface area contributed by atoms with Crippen LogP contribution in [0.15, 0.2) is 42.7 Å². The van der Waals surface area contributed by atoms with Crippen molar-refractivity contribution in [1.82, 2.24) is 9.55 Å². The molecule has 2 heterocycles. The molecule has 0 bridgehead atoms. The number of hydrogen-bond donors (Lipinski definition) is 1. The molecule has 0 saturated heterocycles. The normalized spacial score (nSPS) is 11.8. The lowest BCUT2D eigenvalue weighted by atomic mass is 10.2. The van der Waals surface area contributed by atoms with Gasteiger partial charge < -0.3 is 4.57 Å². The number of nitrogens with one attached hydrogen (secondary N) is 1. The molecule has 1 N–H and O–H groups in total. The van der Waals surface area contributed by atoms with Crippen molar-refractivity contribution in [2.75, 3.05) is 10.5 Å². The first-order valence-electron chi connectivity index (χ1n) is 7.10. The third-order valence-electron chi connectivity index (χ3n) is 3.69. The van der Waals surface area contributed by atoms with E-state index in [0.29, 0.717) is 5.69 Å². The molecule has 0 saturated carbocycles. The number of aromatic nitrogens is 2. The van der Waals surface area contributed by atoms with Crippen molar-refractivity contribution in [2.45, 2.75) is 6.92 Å². The summed E-state index contributed by atoms with van der Waals surface area (Å²) < 4.78 is 41.1. The quantitative estimate of drug-likeness (QED) is 0.798. The molecule has 0 fully saturated rings. The van der Waals surface area contributed by atoms with Crippen LogP contribution in [-0.4, -0.2) is 23.7 Å². The van der Waals surface area contributed by atoms with Gasteiger partial charge in [0.05, 0.1) is 28.8 Å². The molecule has 23 heavy (non-hydrogen) atoms. The fraction of sp³-hybridized carbons (Fsp3) is 0.188. The summed E-state index contributed by atoms with van der Waals surface area (Å²) in [6, 6.07) is 8.23. The van der Waals surface area contributed by atoms with Gasteiger partial charge in [-0.05, 0) is 37.3 Å². The molecule has 7 heteroatoms. The predicted octanol–water partition coefficient (Wildman–Crippen LogP) is 3.14.